The van der Waals surface area contributed by atoms with Gasteiger partial charge in [0, 0.05) is 25.4 Å². The molecule has 2 N–H and O–H groups in total. The Morgan fingerprint density at radius 2 is 2.23 bits per heavy atom. The van der Waals surface area contributed by atoms with Crippen molar-refractivity contribution in [3.05, 3.63) is 33.6 Å². The highest BCUT2D eigenvalue weighted by atomic mass is 16.5. The molecular weight excluding hydrogens is 282 g/mol. The molecule has 0 saturated carbocycles. The third-order valence-electron chi connectivity index (χ3n) is 4.00. The van der Waals surface area contributed by atoms with E-state index < -0.39 is 0 Å². The lowest BCUT2D eigenvalue weighted by molar-refractivity contribution is 0.131. The SMILES string of the molecule is COCn1c(=O)c2c(c3c(OC)cc(C=N)cc31)NCCC2. The third kappa shape index (κ3) is 2.16. The first kappa shape index (κ1) is 14.6. The lowest BCUT2D eigenvalue weighted by Gasteiger charge is -2.23. The van der Waals surface area contributed by atoms with Gasteiger partial charge in [-0.2, -0.15) is 0 Å². The van der Waals surface area contributed by atoms with Crippen LogP contribution >= 0.6 is 0 Å². The van der Waals surface area contributed by atoms with Gasteiger partial charge in [0.05, 0.1) is 23.7 Å². The van der Waals surface area contributed by atoms with E-state index in [2.05, 4.69) is 5.32 Å². The van der Waals surface area contributed by atoms with Gasteiger partial charge in [0.15, 0.2) is 0 Å². The largest absolute Gasteiger partial charge is 0.496 e. The van der Waals surface area contributed by atoms with Gasteiger partial charge in [-0.25, -0.2) is 0 Å². The van der Waals surface area contributed by atoms with E-state index in [4.69, 9.17) is 14.9 Å². The number of fused-ring (bicyclic) bond motifs is 3. The standard InChI is InChI=1S/C16H19N3O3/c1-21-9-19-12-6-10(8-17)7-13(22-2)14(12)15-11(16(19)20)4-3-5-18-15/h6-8,17-18H,3-5,9H2,1-2H3. The average Bonchev–Trinajstić information content (AvgIpc) is 2.57. The average molecular weight is 301 g/mol. The smallest absolute Gasteiger partial charge is 0.258 e. The Bertz CT molecular complexity index is 796. The molecule has 1 aromatic heterocycles. The number of anilines is 1. The minimum atomic E-state index is -0.0410. The van der Waals surface area contributed by atoms with Crippen LogP contribution in [-0.2, 0) is 17.9 Å². The Morgan fingerprint density at radius 1 is 1.41 bits per heavy atom. The van der Waals surface area contributed by atoms with Gasteiger partial charge >= 0.3 is 0 Å². The fraction of sp³-hybridized carbons (Fsp3) is 0.375. The van der Waals surface area contributed by atoms with E-state index in [1.807, 2.05) is 12.1 Å². The predicted molar refractivity (Wildman–Crippen MR) is 86.5 cm³/mol. The molecule has 0 bridgehead atoms. The molecule has 2 aromatic rings. The molecule has 1 aliphatic heterocycles. The molecule has 22 heavy (non-hydrogen) atoms. The van der Waals surface area contributed by atoms with E-state index in [9.17, 15) is 4.79 Å². The van der Waals surface area contributed by atoms with Crippen molar-refractivity contribution in [2.45, 2.75) is 19.6 Å². The van der Waals surface area contributed by atoms with Gasteiger partial charge in [0.25, 0.3) is 5.56 Å². The molecule has 0 atom stereocenters. The molecule has 6 nitrogen and oxygen atoms in total. The zero-order valence-corrected chi connectivity index (χ0v) is 12.7. The monoisotopic (exact) mass is 301 g/mol. The number of rotatable bonds is 4. The number of nitrogens with zero attached hydrogens (tertiary/aromatic N) is 1. The first-order chi connectivity index (χ1) is 10.7. The first-order valence-corrected chi connectivity index (χ1v) is 7.22. The molecule has 116 valence electrons. The molecule has 0 radical (unpaired) electrons. The van der Waals surface area contributed by atoms with E-state index in [-0.39, 0.29) is 12.3 Å². The fourth-order valence-corrected chi connectivity index (χ4v) is 3.02. The van der Waals surface area contributed by atoms with E-state index in [1.54, 1.807) is 18.8 Å². The van der Waals surface area contributed by atoms with Crippen LogP contribution in [-0.4, -0.2) is 31.5 Å². The molecule has 0 amide bonds. The number of ether oxygens (including phenoxy) is 2. The first-order valence-electron chi connectivity index (χ1n) is 7.22. The van der Waals surface area contributed by atoms with Crippen molar-refractivity contribution in [2.24, 2.45) is 0 Å². The molecule has 6 heteroatoms. The fourth-order valence-electron chi connectivity index (χ4n) is 3.02. The predicted octanol–water partition coefficient (Wildman–Crippen LogP) is 1.97. The highest BCUT2D eigenvalue weighted by molar-refractivity contribution is 6.01. The number of pyridine rings is 1. The Hall–Kier alpha value is -2.34. The van der Waals surface area contributed by atoms with Crippen molar-refractivity contribution in [3.8, 4) is 5.75 Å². The Kier molecular flexibility index (Phi) is 3.85. The van der Waals surface area contributed by atoms with Crippen LogP contribution in [0.5, 0.6) is 5.75 Å². The summed E-state index contributed by atoms with van der Waals surface area (Å²) in [6.07, 6.45) is 2.92. The summed E-state index contributed by atoms with van der Waals surface area (Å²) in [5, 5.41) is 11.7. The van der Waals surface area contributed by atoms with Gasteiger partial charge in [-0.1, -0.05) is 0 Å². The van der Waals surface area contributed by atoms with Crippen LogP contribution in [0.3, 0.4) is 0 Å². The number of aromatic nitrogens is 1. The summed E-state index contributed by atoms with van der Waals surface area (Å²) in [5.74, 6) is 0.659. The summed E-state index contributed by atoms with van der Waals surface area (Å²) in [7, 11) is 3.16. The van der Waals surface area contributed by atoms with Crippen molar-refractivity contribution in [1.82, 2.24) is 4.57 Å². The molecular formula is C16H19N3O3. The van der Waals surface area contributed by atoms with E-state index in [0.29, 0.717) is 11.3 Å². The minimum absolute atomic E-state index is 0.0410. The van der Waals surface area contributed by atoms with Crippen LogP contribution in [0, 0.1) is 5.41 Å². The van der Waals surface area contributed by atoms with Gasteiger partial charge in [0.2, 0.25) is 0 Å². The molecule has 0 saturated heterocycles. The van der Waals surface area contributed by atoms with Crippen LogP contribution in [0.2, 0.25) is 0 Å². The quantitative estimate of drug-likeness (QED) is 0.847. The molecule has 1 aromatic carbocycles. The van der Waals surface area contributed by atoms with Crippen molar-refractivity contribution >= 4 is 22.8 Å². The van der Waals surface area contributed by atoms with E-state index in [0.717, 1.165) is 41.5 Å². The highest BCUT2D eigenvalue weighted by Gasteiger charge is 2.22. The normalized spacial score (nSPS) is 13.5. The van der Waals surface area contributed by atoms with Gasteiger partial charge in [-0.05, 0) is 30.5 Å². The van der Waals surface area contributed by atoms with Crippen LogP contribution in [0.25, 0.3) is 10.9 Å². The molecule has 0 aliphatic carbocycles. The maximum absolute atomic E-state index is 12.8. The van der Waals surface area contributed by atoms with Crippen molar-refractivity contribution in [1.29, 1.82) is 5.41 Å². The Balaban J connectivity index is 2.48. The highest BCUT2D eigenvalue weighted by Crippen LogP contribution is 2.36. The van der Waals surface area contributed by atoms with E-state index >= 15 is 0 Å². The molecule has 0 spiro atoms. The van der Waals surface area contributed by atoms with Crippen LogP contribution in [0.15, 0.2) is 16.9 Å². The summed E-state index contributed by atoms with van der Waals surface area (Å²) in [6, 6.07) is 3.63. The van der Waals surface area contributed by atoms with Gasteiger partial charge in [0.1, 0.15) is 12.5 Å². The summed E-state index contributed by atoms with van der Waals surface area (Å²) in [5.41, 5.74) is 2.99. The van der Waals surface area contributed by atoms with Gasteiger partial charge in [-0.3, -0.25) is 9.36 Å². The van der Waals surface area contributed by atoms with Crippen LogP contribution in [0.1, 0.15) is 17.5 Å². The lowest BCUT2D eigenvalue weighted by Crippen LogP contribution is -2.29. The van der Waals surface area contributed by atoms with Gasteiger partial charge in [-0.15, -0.1) is 0 Å². The Morgan fingerprint density at radius 3 is 2.91 bits per heavy atom. The maximum atomic E-state index is 12.8. The molecule has 2 heterocycles. The second kappa shape index (κ2) is 5.81. The number of hydrogen-bond donors (Lipinski definition) is 2. The number of nitrogens with one attached hydrogen (secondary N) is 2. The number of methoxy groups -OCH3 is 2. The van der Waals surface area contributed by atoms with Crippen LogP contribution in [0.4, 0.5) is 5.69 Å². The second-order valence-electron chi connectivity index (χ2n) is 5.30. The molecule has 0 fully saturated rings. The number of benzene rings is 1. The van der Waals surface area contributed by atoms with Crippen molar-refractivity contribution < 1.29 is 9.47 Å². The summed E-state index contributed by atoms with van der Waals surface area (Å²) >= 11 is 0. The van der Waals surface area contributed by atoms with Crippen molar-refractivity contribution in [2.75, 3.05) is 26.1 Å². The lowest BCUT2D eigenvalue weighted by atomic mass is 9.99. The maximum Gasteiger partial charge on any atom is 0.258 e. The second-order valence-corrected chi connectivity index (χ2v) is 5.30. The molecule has 3 rings (SSSR count). The topological polar surface area (TPSA) is 76.3 Å². The molecule has 0 unspecified atom stereocenters. The molecule has 1 aliphatic rings. The summed E-state index contributed by atoms with van der Waals surface area (Å²) in [4.78, 5) is 12.8. The zero-order valence-electron chi connectivity index (χ0n) is 12.7. The summed E-state index contributed by atoms with van der Waals surface area (Å²) in [6.45, 7) is 1.01. The van der Waals surface area contributed by atoms with Crippen LogP contribution < -0.4 is 15.6 Å². The third-order valence-corrected chi connectivity index (χ3v) is 4.00. The van der Waals surface area contributed by atoms with Crippen molar-refractivity contribution in [3.63, 3.8) is 0 Å². The minimum Gasteiger partial charge on any atom is -0.496 e. The number of hydrogen-bond acceptors (Lipinski definition) is 5. The van der Waals surface area contributed by atoms with Gasteiger partial charge < -0.3 is 20.2 Å². The summed E-state index contributed by atoms with van der Waals surface area (Å²) < 4.78 is 12.3. The zero-order chi connectivity index (χ0) is 15.7. The Labute approximate surface area is 128 Å². The van der Waals surface area contributed by atoms with E-state index in [1.165, 1.54) is 6.21 Å².